The topological polar surface area (TPSA) is 67.2 Å². The molecule has 4 N–H and O–H groups in total. The molecule has 0 radical (unpaired) electrons. The van der Waals surface area contributed by atoms with E-state index >= 15 is 0 Å². The number of rotatable bonds is 6. The molecule has 0 fully saturated rings. The number of halogens is 2. The lowest BCUT2D eigenvalue weighted by atomic mass is 10.2. The summed E-state index contributed by atoms with van der Waals surface area (Å²) < 4.78 is 0.808. The van der Waals surface area contributed by atoms with Gasteiger partial charge in [0.15, 0.2) is 0 Å². The van der Waals surface area contributed by atoms with Crippen LogP contribution in [0.2, 0.25) is 5.02 Å². The summed E-state index contributed by atoms with van der Waals surface area (Å²) in [5.41, 5.74) is 6.53. The molecular weight excluding hydrogens is 318 g/mol. The minimum absolute atomic E-state index is 0.00604. The van der Waals surface area contributed by atoms with Gasteiger partial charge in [-0.1, -0.05) is 11.6 Å². The second kappa shape index (κ2) is 7.61. The quantitative estimate of drug-likeness (QED) is 0.748. The molecule has 0 aliphatic heterocycles. The number of hydrogen-bond donors (Lipinski definition) is 3. The first-order valence-corrected chi connectivity index (χ1v) is 6.92. The van der Waals surface area contributed by atoms with Gasteiger partial charge in [0.25, 0.3) is 0 Å². The van der Waals surface area contributed by atoms with Gasteiger partial charge in [0, 0.05) is 35.7 Å². The Morgan fingerprint density at radius 2 is 2.28 bits per heavy atom. The fraction of sp³-hybridized carbons (Fsp3) is 0.417. The fourth-order valence-corrected chi connectivity index (χ4v) is 2.00. The Hall–Kier alpha value is -0.780. The van der Waals surface area contributed by atoms with Crippen molar-refractivity contribution < 1.29 is 4.79 Å². The van der Waals surface area contributed by atoms with Gasteiger partial charge in [-0.05, 0) is 41.1 Å². The molecular formula is C12H17BrClN3O. The second-order valence-corrected chi connectivity index (χ2v) is 5.13. The first-order chi connectivity index (χ1) is 8.56. The molecule has 1 unspecified atom stereocenters. The van der Waals surface area contributed by atoms with Crippen LogP contribution in [0.5, 0.6) is 0 Å². The Labute approximate surface area is 120 Å². The zero-order valence-electron chi connectivity index (χ0n) is 10.2. The van der Waals surface area contributed by atoms with E-state index in [1.54, 1.807) is 6.07 Å². The Kier molecular flexibility index (Phi) is 6.46. The molecule has 1 atom stereocenters. The molecule has 1 aromatic rings. The average molecular weight is 335 g/mol. The van der Waals surface area contributed by atoms with Crippen LogP contribution in [-0.4, -0.2) is 25.0 Å². The third kappa shape index (κ3) is 4.84. The molecule has 6 heteroatoms. The summed E-state index contributed by atoms with van der Waals surface area (Å²) in [7, 11) is 0. The maximum atomic E-state index is 11.5. The number of anilines is 1. The van der Waals surface area contributed by atoms with Crippen LogP contribution in [-0.2, 0) is 4.79 Å². The standard InChI is InChI=1S/C12H17BrClN3O/c1-2-16-12(18)6-9(7-15)17-8-3-4-11(14)10(13)5-8/h3-5,9,17H,2,6-7,15H2,1H3,(H,16,18). The summed E-state index contributed by atoms with van der Waals surface area (Å²) in [4.78, 5) is 11.5. The van der Waals surface area contributed by atoms with Crippen LogP contribution in [0.3, 0.4) is 0 Å². The Morgan fingerprint density at radius 3 is 2.83 bits per heavy atom. The van der Waals surface area contributed by atoms with E-state index in [1.807, 2.05) is 19.1 Å². The number of nitrogens with one attached hydrogen (secondary N) is 2. The zero-order chi connectivity index (χ0) is 13.5. The molecule has 0 saturated carbocycles. The summed E-state index contributed by atoms with van der Waals surface area (Å²) in [5, 5.41) is 6.61. The Balaban J connectivity index is 2.62. The van der Waals surface area contributed by atoms with E-state index in [1.165, 1.54) is 0 Å². The van der Waals surface area contributed by atoms with Gasteiger partial charge in [0.2, 0.25) is 5.91 Å². The number of hydrogen-bond acceptors (Lipinski definition) is 3. The van der Waals surface area contributed by atoms with Crippen molar-refractivity contribution in [2.45, 2.75) is 19.4 Å². The van der Waals surface area contributed by atoms with Crippen molar-refractivity contribution in [2.75, 3.05) is 18.4 Å². The van der Waals surface area contributed by atoms with E-state index in [-0.39, 0.29) is 11.9 Å². The molecule has 0 saturated heterocycles. The monoisotopic (exact) mass is 333 g/mol. The highest BCUT2D eigenvalue weighted by Crippen LogP contribution is 2.25. The average Bonchev–Trinajstić information content (AvgIpc) is 2.33. The first kappa shape index (κ1) is 15.3. The maximum absolute atomic E-state index is 11.5. The van der Waals surface area contributed by atoms with Gasteiger partial charge in [-0.15, -0.1) is 0 Å². The SMILES string of the molecule is CCNC(=O)CC(CN)Nc1ccc(Cl)c(Br)c1. The lowest BCUT2D eigenvalue weighted by Gasteiger charge is -2.18. The summed E-state index contributed by atoms with van der Waals surface area (Å²) in [6, 6.07) is 5.41. The molecule has 0 spiro atoms. The summed E-state index contributed by atoms with van der Waals surface area (Å²) >= 11 is 9.26. The third-order valence-electron chi connectivity index (χ3n) is 2.38. The maximum Gasteiger partial charge on any atom is 0.222 e. The molecule has 1 aromatic carbocycles. The molecule has 1 amide bonds. The van der Waals surface area contributed by atoms with Crippen LogP contribution in [0.25, 0.3) is 0 Å². The first-order valence-electron chi connectivity index (χ1n) is 5.75. The van der Waals surface area contributed by atoms with Crippen molar-refractivity contribution in [3.05, 3.63) is 27.7 Å². The van der Waals surface area contributed by atoms with Gasteiger partial charge in [-0.25, -0.2) is 0 Å². The van der Waals surface area contributed by atoms with Crippen molar-refractivity contribution in [3.63, 3.8) is 0 Å². The van der Waals surface area contributed by atoms with Crippen molar-refractivity contribution in [2.24, 2.45) is 5.73 Å². The summed E-state index contributed by atoms with van der Waals surface area (Å²) in [6.45, 7) is 2.90. The van der Waals surface area contributed by atoms with Gasteiger partial charge in [0.1, 0.15) is 0 Å². The van der Waals surface area contributed by atoms with E-state index in [4.69, 9.17) is 17.3 Å². The lowest BCUT2D eigenvalue weighted by molar-refractivity contribution is -0.121. The van der Waals surface area contributed by atoms with E-state index in [9.17, 15) is 4.79 Å². The van der Waals surface area contributed by atoms with Crippen LogP contribution < -0.4 is 16.4 Å². The number of nitrogens with two attached hydrogens (primary N) is 1. The smallest absolute Gasteiger partial charge is 0.222 e. The highest BCUT2D eigenvalue weighted by atomic mass is 79.9. The Morgan fingerprint density at radius 1 is 1.56 bits per heavy atom. The van der Waals surface area contributed by atoms with Gasteiger partial charge in [-0.2, -0.15) is 0 Å². The molecule has 0 bridgehead atoms. The molecule has 0 aromatic heterocycles. The van der Waals surface area contributed by atoms with Crippen LogP contribution in [0.1, 0.15) is 13.3 Å². The molecule has 0 heterocycles. The van der Waals surface area contributed by atoms with Gasteiger partial charge in [0.05, 0.1) is 5.02 Å². The molecule has 0 aliphatic carbocycles. The van der Waals surface area contributed by atoms with E-state index < -0.39 is 0 Å². The van der Waals surface area contributed by atoms with Crippen LogP contribution in [0.15, 0.2) is 22.7 Å². The second-order valence-electron chi connectivity index (χ2n) is 3.86. The molecule has 0 aliphatic rings. The number of amides is 1. The minimum Gasteiger partial charge on any atom is -0.380 e. The van der Waals surface area contributed by atoms with Crippen molar-refractivity contribution in [3.8, 4) is 0 Å². The minimum atomic E-state index is -0.0929. The van der Waals surface area contributed by atoms with E-state index in [2.05, 4.69) is 26.6 Å². The fourth-order valence-electron chi connectivity index (χ4n) is 1.51. The van der Waals surface area contributed by atoms with Crippen molar-refractivity contribution in [1.82, 2.24) is 5.32 Å². The van der Waals surface area contributed by atoms with Gasteiger partial charge >= 0.3 is 0 Å². The predicted octanol–water partition coefficient (Wildman–Crippen LogP) is 2.37. The summed E-state index contributed by atoms with van der Waals surface area (Å²) in [5.74, 6) is -0.00604. The van der Waals surface area contributed by atoms with Crippen molar-refractivity contribution in [1.29, 1.82) is 0 Å². The Bertz CT molecular complexity index is 414. The van der Waals surface area contributed by atoms with Gasteiger partial charge < -0.3 is 16.4 Å². The van der Waals surface area contributed by atoms with Gasteiger partial charge in [-0.3, -0.25) is 4.79 Å². The lowest BCUT2D eigenvalue weighted by Crippen LogP contribution is -2.35. The largest absolute Gasteiger partial charge is 0.380 e. The van der Waals surface area contributed by atoms with Crippen LogP contribution >= 0.6 is 27.5 Å². The van der Waals surface area contributed by atoms with Crippen LogP contribution in [0, 0.1) is 0 Å². The van der Waals surface area contributed by atoms with Crippen molar-refractivity contribution >= 4 is 39.1 Å². The summed E-state index contributed by atoms with van der Waals surface area (Å²) in [6.07, 6.45) is 0.352. The number of carbonyl (C=O) groups excluding carboxylic acids is 1. The molecule has 1 rings (SSSR count). The molecule has 100 valence electrons. The highest BCUT2D eigenvalue weighted by molar-refractivity contribution is 9.10. The number of carbonyl (C=O) groups is 1. The normalized spacial score (nSPS) is 12.0. The highest BCUT2D eigenvalue weighted by Gasteiger charge is 2.12. The molecule has 4 nitrogen and oxygen atoms in total. The van der Waals surface area contributed by atoms with Crippen LogP contribution in [0.4, 0.5) is 5.69 Å². The third-order valence-corrected chi connectivity index (χ3v) is 3.59. The molecule has 18 heavy (non-hydrogen) atoms. The predicted molar refractivity (Wildman–Crippen MR) is 78.9 cm³/mol. The van der Waals surface area contributed by atoms with E-state index in [0.717, 1.165) is 10.2 Å². The zero-order valence-corrected chi connectivity index (χ0v) is 12.5. The number of benzene rings is 1. The van der Waals surface area contributed by atoms with E-state index in [0.29, 0.717) is 24.5 Å².